The molecule has 0 saturated carbocycles. The fraction of sp³-hybridized carbons (Fsp3) is 0.316. The summed E-state index contributed by atoms with van der Waals surface area (Å²) in [6, 6.07) is 16.4. The van der Waals surface area contributed by atoms with Crippen molar-refractivity contribution in [3.8, 4) is 0 Å². The van der Waals surface area contributed by atoms with E-state index in [0.717, 1.165) is 24.9 Å². The Balaban J connectivity index is 1.65. The Morgan fingerprint density at radius 1 is 1.26 bits per heavy atom. The molecule has 0 bridgehead atoms. The number of hydrogen-bond acceptors (Lipinski definition) is 2. The first-order valence-corrected chi connectivity index (χ1v) is 8.36. The van der Waals surface area contributed by atoms with Crippen molar-refractivity contribution >= 4 is 23.2 Å². The van der Waals surface area contributed by atoms with E-state index < -0.39 is 0 Å². The second kappa shape index (κ2) is 7.16. The van der Waals surface area contributed by atoms with Gasteiger partial charge in [-0.3, -0.25) is 9.69 Å². The van der Waals surface area contributed by atoms with Crippen LogP contribution in [0, 0.1) is 6.92 Å². The van der Waals surface area contributed by atoms with Crippen LogP contribution in [0.3, 0.4) is 0 Å². The van der Waals surface area contributed by atoms with Gasteiger partial charge in [0.25, 0.3) is 0 Å². The van der Waals surface area contributed by atoms with Crippen molar-refractivity contribution in [1.82, 2.24) is 4.90 Å². The van der Waals surface area contributed by atoms with Crippen molar-refractivity contribution in [1.29, 1.82) is 0 Å². The maximum atomic E-state index is 12.4. The fourth-order valence-corrected chi connectivity index (χ4v) is 3.45. The summed E-state index contributed by atoms with van der Waals surface area (Å²) < 4.78 is 0. The van der Waals surface area contributed by atoms with E-state index in [-0.39, 0.29) is 5.91 Å². The normalized spacial score (nSPS) is 18.1. The van der Waals surface area contributed by atoms with Gasteiger partial charge in [-0.15, -0.1) is 0 Å². The number of aryl methyl sites for hydroxylation is 1. The van der Waals surface area contributed by atoms with Crippen LogP contribution in [0.1, 0.15) is 30.0 Å². The lowest BCUT2D eigenvalue weighted by atomic mass is 10.0. The molecule has 1 aliphatic rings. The van der Waals surface area contributed by atoms with Crippen LogP contribution in [0.4, 0.5) is 5.69 Å². The second-order valence-electron chi connectivity index (χ2n) is 6.07. The summed E-state index contributed by atoms with van der Waals surface area (Å²) in [6.07, 6.45) is 2.22. The highest BCUT2D eigenvalue weighted by molar-refractivity contribution is 6.33. The molecule has 0 aliphatic carbocycles. The number of amides is 1. The van der Waals surface area contributed by atoms with Crippen molar-refractivity contribution in [3.63, 3.8) is 0 Å². The molecule has 1 aliphatic heterocycles. The van der Waals surface area contributed by atoms with Gasteiger partial charge < -0.3 is 5.32 Å². The van der Waals surface area contributed by atoms with Crippen molar-refractivity contribution in [2.45, 2.75) is 25.8 Å². The first-order chi connectivity index (χ1) is 11.1. The number of carbonyl (C=O) groups is 1. The lowest BCUT2D eigenvalue weighted by molar-refractivity contribution is -0.117. The lowest BCUT2D eigenvalue weighted by Crippen LogP contribution is -2.33. The van der Waals surface area contributed by atoms with Gasteiger partial charge in [0.1, 0.15) is 0 Å². The van der Waals surface area contributed by atoms with Gasteiger partial charge in [0, 0.05) is 6.04 Å². The minimum Gasteiger partial charge on any atom is -0.324 e. The third-order valence-corrected chi connectivity index (χ3v) is 4.61. The van der Waals surface area contributed by atoms with Gasteiger partial charge in [-0.2, -0.15) is 0 Å². The van der Waals surface area contributed by atoms with E-state index in [1.54, 1.807) is 0 Å². The molecule has 2 aromatic carbocycles. The predicted octanol–water partition coefficient (Wildman–Crippen LogP) is 4.42. The van der Waals surface area contributed by atoms with Gasteiger partial charge >= 0.3 is 0 Å². The summed E-state index contributed by atoms with van der Waals surface area (Å²) in [5, 5.41) is 3.51. The molecule has 1 atom stereocenters. The minimum atomic E-state index is -0.0152. The molecule has 4 heteroatoms. The smallest absolute Gasteiger partial charge is 0.238 e. The SMILES string of the molecule is Cc1ccc(NC(=O)CN2CCC[C@H]2c2ccccc2)c(Cl)c1. The van der Waals surface area contributed by atoms with Crippen LogP contribution in [0.15, 0.2) is 48.5 Å². The molecule has 3 nitrogen and oxygen atoms in total. The first-order valence-electron chi connectivity index (χ1n) is 7.98. The summed E-state index contributed by atoms with van der Waals surface area (Å²) in [4.78, 5) is 14.6. The summed E-state index contributed by atoms with van der Waals surface area (Å²) in [6.45, 7) is 3.32. The predicted molar refractivity (Wildman–Crippen MR) is 94.8 cm³/mol. The number of carbonyl (C=O) groups excluding carboxylic acids is 1. The molecule has 0 unspecified atom stereocenters. The third-order valence-electron chi connectivity index (χ3n) is 4.29. The highest BCUT2D eigenvalue weighted by Gasteiger charge is 2.27. The average molecular weight is 329 g/mol. The Bertz CT molecular complexity index is 687. The van der Waals surface area contributed by atoms with Crippen LogP contribution in [0.2, 0.25) is 5.02 Å². The van der Waals surface area contributed by atoms with Crippen molar-refractivity contribution in [2.75, 3.05) is 18.4 Å². The molecule has 23 heavy (non-hydrogen) atoms. The number of nitrogens with one attached hydrogen (secondary N) is 1. The molecule has 1 amide bonds. The summed E-state index contributed by atoms with van der Waals surface area (Å²) in [5.74, 6) is -0.0152. The molecule has 120 valence electrons. The highest BCUT2D eigenvalue weighted by Crippen LogP contribution is 2.31. The number of hydrogen-bond donors (Lipinski definition) is 1. The zero-order valence-corrected chi connectivity index (χ0v) is 14.0. The molecule has 3 rings (SSSR count). The zero-order chi connectivity index (χ0) is 16.2. The third kappa shape index (κ3) is 3.92. The van der Waals surface area contributed by atoms with E-state index in [0.29, 0.717) is 23.3 Å². The van der Waals surface area contributed by atoms with Gasteiger partial charge in [0.2, 0.25) is 5.91 Å². The fourth-order valence-electron chi connectivity index (χ4n) is 3.16. The number of halogens is 1. The second-order valence-corrected chi connectivity index (χ2v) is 6.48. The van der Waals surface area contributed by atoms with E-state index >= 15 is 0 Å². The standard InChI is InChI=1S/C19H21ClN2O/c1-14-9-10-17(16(20)12-14)21-19(23)13-22-11-5-8-18(22)15-6-3-2-4-7-15/h2-4,6-7,9-10,12,18H,5,8,11,13H2,1H3,(H,21,23)/t18-/m0/s1. The van der Waals surface area contributed by atoms with Gasteiger partial charge in [0.15, 0.2) is 0 Å². The number of anilines is 1. The molecule has 0 aromatic heterocycles. The van der Waals surface area contributed by atoms with E-state index in [2.05, 4.69) is 34.5 Å². The maximum Gasteiger partial charge on any atom is 0.238 e. The summed E-state index contributed by atoms with van der Waals surface area (Å²) in [7, 11) is 0. The van der Waals surface area contributed by atoms with Crippen LogP contribution in [-0.2, 0) is 4.79 Å². The topological polar surface area (TPSA) is 32.3 Å². The van der Waals surface area contributed by atoms with E-state index in [1.807, 2.05) is 31.2 Å². The number of benzene rings is 2. The zero-order valence-electron chi connectivity index (χ0n) is 13.3. The monoisotopic (exact) mass is 328 g/mol. The van der Waals surface area contributed by atoms with Crippen molar-refractivity contribution in [2.24, 2.45) is 0 Å². The highest BCUT2D eigenvalue weighted by atomic mass is 35.5. The van der Waals surface area contributed by atoms with Crippen molar-refractivity contribution < 1.29 is 4.79 Å². The molecule has 1 heterocycles. The van der Waals surface area contributed by atoms with Crippen LogP contribution >= 0.6 is 11.6 Å². The molecule has 0 radical (unpaired) electrons. The number of likely N-dealkylation sites (tertiary alicyclic amines) is 1. The maximum absolute atomic E-state index is 12.4. The number of rotatable bonds is 4. The average Bonchev–Trinajstić information content (AvgIpc) is 2.99. The summed E-state index contributed by atoms with van der Waals surface area (Å²) in [5.41, 5.74) is 3.04. The largest absolute Gasteiger partial charge is 0.324 e. The van der Waals surface area contributed by atoms with Crippen LogP contribution in [-0.4, -0.2) is 23.9 Å². The molecule has 1 saturated heterocycles. The molecule has 2 aromatic rings. The Morgan fingerprint density at radius 2 is 2.04 bits per heavy atom. The van der Waals surface area contributed by atoms with Crippen LogP contribution in [0.25, 0.3) is 0 Å². The first kappa shape index (κ1) is 16.0. The Morgan fingerprint density at radius 3 is 2.78 bits per heavy atom. The van der Waals surface area contributed by atoms with Gasteiger partial charge in [0.05, 0.1) is 17.3 Å². The van der Waals surface area contributed by atoms with E-state index in [9.17, 15) is 4.79 Å². The van der Waals surface area contributed by atoms with E-state index in [4.69, 9.17) is 11.6 Å². The molecule has 1 fully saturated rings. The summed E-state index contributed by atoms with van der Waals surface area (Å²) >= 11 is 6.19. The van der Waals surface area contributed by atoms with Gasteiger partial charge in [-0.1, -0.05) is 48.0 Å². The van der Waals surface area contributed by atoms with Crippen LogP contribution in [0.5, 0.6) is 0 Å². The molecular weight excluding hydrogens is 308 g/mol. The number of nitrogens with zero attached hydrogens (tertiary/aromatic N) is 1. The van der Waals surface area contributed by atoms with Gasteiger partial charge in [-0.25, -0.2) is 0 Å². The van der Waals surface area contributed by atoms with Crippen LogP contribution < -0.4 is 5.32 Å². The minimum absolute atomic E-state index is 0.0152. The molecular formula is C19H21ClN2O. The van der Waals surface area contributed by atoms with Gasteiger partial charge in [-0.05, 0) is 49.6 Å². The van der Waals surface area contributed by atoms with Crippen molar-refractivity contribution in [3.05, 3.63) is 64.7 Å². The Kier molecular flexibility index (Phi) is 4.99. The molecule has 0 spiro atoms. The Hall–Kier alpha value is -1.84. The Labute approximate surface area is 142 Å². The van der Waals surface area contributed by atoms with E-state index in [1.165, 1.54) is 5.56 Å². The molecule has 1 N–H and O–H groups in total. The quantitative estimate of drug-likeness (QED) is 0.900. The lowest BCUT2D eigenvalue weighted by Gasteiger charge is -2.24.